The van der Waals surface area contributed by atoms with Crippen LogP contribution in [0.2, 0.25) is 0 Å². The quantitative estimate of drug-likeness (QED) is 0.556. The molecule has 2 aromatic carbocycles. The molecular formula is C20H24N4O4. The molecule has 0 aliphatic heterocycles. The highest BCUT2D eigenvalue weighted by Crippen LogP contribution is 2.28. The molecule has 0 aliphatic rings. The molecule has 0 spiro atoms. The van der Waals surface area contributed by atoms with Gasteiger partial charge in [-0.15, -0.1) is 0 Å². The van der Waals surface area contributed by atoms with Gasteiger partial charge in [0.25, 0.3) is 11.6 Å². The van der Waals surface area contributed by atoms with Crippen molar-refractivity contribution in [3.8, 4) is 0 Å². The van der Waals surface area contributed by atoms with E-state index in [9.17, 15) is 19.7 Å². The molecule has 0 saturated carbocycles. The molecule has 0 bridgehead atoms. The molecule has 0 saturated heterocycles. The highest BCUT2D eigenvalue weighted by atomic mass is 16.6. The predicted octanol–water partition coefficient (Wildman–Crippen LogP) is 3.90. The fraction of sp³-hybridized carbons (Fsp3) is 0.300. The largest absolute Gasteiger partial charge is 0.372 e. The second-order valence-corrected chi connectivity index (χ2v) is 7.03. The third kappa shape index (κ3) is 5.54. The van der Waals surface area contributed by atoms with Gasteiger partial charge < -0.3 is 15.5 Å². The Morgan fingerprint density at radius 3 is 2.11 bits per heavy atom. The summed E-state index contributed by atoms with van der Waals surface area (Å²) in [6.07, 6.45) is 0.431. The van der Waals surface area contributed by atoms with Crippen LogP contribution in [0.25, 0.3) is 0 Å². The summed E-state index contributed by atoms with van der Waals surface area (Å²) in [6, 6.07) is 11.0. The molecule has 0 fully saturated rings. The van der Waals surface area contributed by atoms with Gasteiger partial charge in [-0.2, -0.15) is 0 Å². The Morgan fingerprint density at radius 2 is 1.61 bits per heavy atom. The van der Waals surface area contributed by atoms with Crippen molar-refractivity contribution in [3.05, 3.63) is 58.1 Å². The average molecular weight is 384 g/mol. The maximum Gasteiger partial charge on any atom is 0.293 e. The number of nitro benzene ring substituents is 1. The Bertz CT molecular complexity index is 876. The summed E-state index contributed by atoms with van der Waals surface area (Å²) in [5.41, 5.74) is 1.62. The van der Waals surface area contributed by atoms with E-state index < -0.39 is 10.8 Å². The molecule has 2 N–H and O–H groups in total. The average Bonchev–Trinajstić information content (AvgIpc) is 2.61. The first-order valence-corrected chi connectivity index (χ1v) is 8.84. The first-order valence-electron chi connectivity index (χ1n) is 8.84. The maximum absolute atomic E-state index is 12.4. The number of carbonyl (C=O) groups excluding carboxylic acids is 2. The molecule has 0 aromatic heterocycles. The van der Waals surface area contributed by atoms with Gasteiger partial charge in [-0.3, -0.25) is 19.7 Å². The molecule has 28 heavy (non-hydrogen) atoms. The second-order valence-electron chi connectivity index (χ2n) is 7.03. The Balaban J connectivity index is 2.09. The lowest BCUT2D eigenvalue weighted by Gasteiger charge is -2.13. The van der Waals surface area contributed by atoms with E-state index in [1.54, 1.807) is 49.3 Å². The van der Waals surface area contributed by atoms with Crippen LogP contribution in [0.15, 0.2) is 42.5 Å². The van der Waals surface area contributed by atoms with E-state index >= 15 is 0 Å². The third-order valence-corrected chi connectivity index (χ3v) is 3.94. The number of nitrogens with zero attached hydrogens (tertiary/aromatic N) is 2. The predicted molar refractivity (Wildman–Crippen MR) is 110 cm³/mol. The third-order valence-electron chi connectivity index (χ3n) is 3.94. The van der Waals surface area contributed by atoms with Gasteiger partial charge in [-0.05, 0) is 42.3 Å². The lowest BCUT2D eigenvalue weighted by Crippen LogP contribution is -2.15. The molecule has 0 heterocycles. The number of rotatable bonds is 7. The van der Waals surface area contributed by atoms with Crippen LogP contribution >= 0.6 is 0 Å². The van der Waals surface area contributed by atoms with Crippen molar-refractivity contribution in [1.82, 2.24) is 0 Å². The van der Waals surface area contributed by atoms with Crippen LogP contribution in [0.1, 0.15) is 30.6 Å². The van der Waals surface area contributed by atoms with Gasteiger partial charge in [0, 0.05) is 43.5 Å². The summed E-state index contributed by atoms with van der Waals surface area (Å²) < 4.78 is 0. The lowest BCUT2D eigenvalue weighted by atomic mass is 10.1. The minimum Gasteiger partial charge on any atom is -0.372 e. The fourth-order valence-corrected chi connectivity index (χ4v) is 2.61. The van der Waals surface area contributed by atoms with Crippen molar-refractivity contribution in [2.75, 3.05) is 29.6 Å². The Labute approximate surface area is 163 Å². The smallest absolute Gasteiger partial charge is 0.293 e. The zero-order valence-corrected chi connectivity index (χ0v) is 16.4. The van der Waals surface area contributed by atoms with Crippen molar-refractivity contribution in [1.29, 1.82) is 0 Å². The van der Waals surface area contributed by atoms with E-state index in [0.717, 1.165) is 0 Å². The SMILES string of the molecule is CC(C)CC(=O)Nc1ccc(NC(=O)c2ccc(N(C)C)c([N+](=O)[O-])c2)cc1. The fourth-order valence-electron chi connectivity index (χ4n) is 2.61. The van der Waals surface area contributed by atoms with Gasteiger partial charge >= 0.3 is 0 Å². The Hall–Kier alpha value is -3.42. The van der Waals surface area contributed by atoms with Crippen LogP contribution < -0.4 is 15.5 Å². The normalized spacial score (nSPS) is 10.5. The summed E-state index contributed by atoms with van der Waals surface area (Å²) in [5, 5.41) is 16.8. The number of nitro groups is 1. The first-order chi connectivity index (χ1) is 13.2. The van der Waals surface area contributed by atoms with Crippen LogP contribution in [0, 0.1) is 16.0 Å². The van der Waals surface area contributed by atoms with E-state index in [4.69, 9.17) is 0 Å². The number of hydrogen-bond acceptors (Lipinski definition) is 5. The molecule has 0 unspecified atom stereocenters. The number of carbonyl (C=O) groups is 2. The molecule has 0 atom stereocenters. The van der Waals surface area contributed by atoms with Gasteiger partial charge in [0.2, 0.25) is 5.91 Å². The van der Waals surface area contributed by atoms with Gasteiger partial charge in [-0.1, -0.05) is 13.8 Å². The van der Waals surface area contributed by atoms with Crippen molar-refractivity contribution in [3.63, 3.8) is 0 Å². The summed E-state index contributed by atoms with van der Waals surface area (Å²) >= 11 is 0. The summed E-state index contributed by atoms with van der Waals surface area (Å²) in [4.78, 5) is 36.6. The number of hydrogen-bond donors (Lipinski definition) is 2. The standard InChI is InChI=1S/C20H24N4O4/c1-13(2)11-19(25)21-15-6-8-16(9-7-15)22-20(26)14-5-10-17(23(3)4)18(12-14)24(27)28/h5-10,12-13H,11H2,1-4H3,(H,21,25)(H,22,26). The highest BCUT2D eigenvalue weighted by molar-refractivity contribution is 6.05. The molecule has 2 rings (SSSR count). The monoisotopic (exact) mass is 384 g/mol. The molecule has 2 amide bonds. The lowest BCUT2D eigenvalue weighted by molar-refractivity contribution is -0.384. The molecule has 0 aliphatic carbocycles. The first kappa shape index (κ1) is 20.9. The molecule has 148 valence electrons. The summed E-state index contributed by atoms with van der Waals surface area (Å²) in [6.45, 7) is 3.93. The minimum atomic E-state index is -0.513. The zero-order chi connectivity index (χ0) is 20.8. The molecule has 2 aromatic rings. The van der Waals surface area contributed by atoms with E-state index in [1.807, 2.05) is 13.8 Å². The number of anilines is 3. The van der Waals surface area contributed by atoms with E-state index in [2.05, 4.69) is 10.6 Å². The van der Waals surface area contributed by atoms with Gasteiger partial charge in [-0.25, -0.2) is 0 Å². The number of benzene rings is 2. The van der Waals surface area contributed by atoms with E-state index in [0.29, 0.717) is 23.5 Å². The van der Waals surface area contributed by atoms with Crippen LogP contribution in [0.5, 0.6) is 0 Å². The molecule has 8 heteroatoms. The van der Waals surface area contributed by atoms with Gasteiger partial charge in [0.15, 0.2) is 0 Å². The van der Waals surface area contributed by atoms with Crippen LogP contribution in [0.3, 0.4) is 0 Å². The van der Waals surface area contributed by atoms with Crippen molar-refractivity contribution >= 4 is 34.6 Å². The van der Waals surface area contributed by atoms with Crippen LogP contribution in [-0.4, -0.2) is 30.8 Å². The van der Waals surface area contributed by atoms with Crippen molar-refractivity contribution in [2.45, 2.75) is 20.3 Å². The van der Waals surface area contributed by atoms with Crippen molar-refractivity contribution in [2.24, 2.45) is 5.92 Å². The van der Waals surface area contributed by atoms with Crippen LogP contribution in [0.4, 0.5) is 22.7 Å². The molecular weight excluding hydrogens is 360 g/mol. The topological polar surface area (TPSA) is 105 Å². The zero-order valence-electron chi connectivity index (χ0n) is 16.4. The number of amides is 2. The maximum atomic E-state index is 12.4. The Morgan fingerprint density at radius 1 is 1.04 bits per heavy atom. The molecule has 0 radical (unpaired) electrons. The molecule has 8 nitrogen and oxygen atoms in total. The van der Waals surface area contributed by atoms with Crippen LogP contribution in [-0.2, 0) is 4.79 Å². The van der Waals surface area contributed by atoms with Gasteiger partial charge in [0.05, 0.1) is 4.92 Å². The summed E-state index contributed by atoms with van der Waals surface area (Å²) in [5.74, 6) is -0.258. The second kappa shape index (κ2) is 8.98. The van der Waals surface area contributed by atoms with E-state index in [-0.39, 0.29) is 23.1 Å². The highest BCUT2D eigenvalue weighted by Gasteiger charge is 2.19. The number of nitrogens with one attached hydrogen (secondary N) is 2. The Kier molecular flexibility index (Phi) is 6.70. The van der Waals surface area contributed by atoms with E-state index in [1.165, 1.54) is 12.1 Å². The van der Waals surface area contributed by atoms with Crippen molar-refractivity contribution < 1.29 is 14.5 Å². The summed E-state index contributed by atoms with van der Waals surface area (Å²) in [7, 11) is 3.40. The van der Waals surface area contributed by atoms with Gasteiger partial charge in [0.1, 0.15) is 5.69 Å². The minimum absolute atomic E-state index is 0.0694.